The van der Waals surface area contributed by atoms with E-state index in [0.717, 1.165) is 0 Å². The summed E-state index contributed by atoms with van der Waals surface area (Å²) >= 11 is 0. The number of carbonyl (C=O) groups excluding carboxylic acids is 2. The van der Waals surface area contributed by atoms with Gasteiger partial charge < -0.3 is 19.7 Å². The molecule has 2 aromatic rings. The van der Waals surface area contributed by atoms with Gasteiger partial charge in [0.2, 0.25) is 0 Å². The first kappa shape index (κ1) is 19.5. The van der Waals surface area contributed by atoms with Crippen molar-refractivity contribution in [2.75, 3.05) is 25.6 Å². The van der Waals surface area contributed by atoms with E-state index in [0.29, 0.717) is 19.4 Å². The molecule has 2 aromatic carbocycles. The largest absolute Gasteiger partial charge is 0.491 e. The van der Waals surface area contributed by atoms with Gasteiger partial charge >= 0.3 is 5.97 Å². The number of nitrogens with one attached hydrogen (secondary N) is 1. The minimum absolute atomic E-state index is 0.150. The van der Waals surface area contributed by atoms with E-state index in [-0.39, 0.29) is 29.3 Å². The van der Waals surface area contributed by atoms with E-state index < -0.39 is 34.6 Å². The number of carbonyl (C=O) groups is 2. The number of esters is 1. The molecule has 0 saturated carbocycles. The summed E-state index contributed by atoms with van der Waals surface area (Å²) in [6.45, 7) is 2.17. The van der Waals surface area contributed by atoms with Crippen LogP contribution in [-0.4, -0.2) is 43.1 Å². The number of halogens is 1. The Morgan fingerprint density at radius 3 is 2.71 bits per heavy atom. The van der Waals surface area contributed by atoms with Crippen molar-refractivity contribution in [2.45, 2.75) is 25.8 Å². The molecule has 0 aromatic heterocycles. The molecule has 0 bridgehead atoms. The Kier molecular flexibility index (Phi) is 5.43. The maximum absolute atomic E-state index is 14.9. The molecule has 28 heavy (non-hydrogen) atoms. The van der Waals surface area contributed by atoms with Crippen LogP contribution in [0.1, 0.15) is 30.1 Å². The van der Waals surface area contributed by atoms with E-state index in [1.165, 1.54) is 30.2 Å². The Morgan fingerprint density at radius 2 is 2.04 bits per heavy atom. The molecule has 1 aliphatic rings. The number of methoxy groups -OCH3 is 1. The molecule has 1 fully saturated rings. The van der Waals surface area contributed by atoms with Crippen molar-refractivity contribution in [1.82, 2.24) is 4.90 Å². The van der Waals surface area contributed by atoms with Gasteiger partial charge in [-0.3, -0.25) is 14.4 Å². The number of ether oxygens (including phenoxy) is 2. The molecule has 0 spiro atoms. The van der Waals surface area contributed by atoms with Crippen LogP contribution in [0.25, 0.3) is 0 Å². The Bertz CT molecular complexity index is 995. The average molecular weight is 390 g/mol. The molecule has 1 aliphatic heterocycles. The lowest BCUT2D eigenvalue weighted by Gasteiger charge is -2.23. The van der Waals surface area contributed by atoms with E-state index in [1.807, 2.05) is 0 Å². The number of hydrogen-bond acceptors (Lipinski definition) is 7. The molecule has 0 radical (unpaired) electrons. The molecule has 3 rings (SSSR count). The fourth-order valence-electron chi connectivity index (χ4n) is 3.26. The number of benzene rings is 1. The first-order valence-corrected chi connectivity index (χ1v) is 8.81. The molecule has 148 valence electrons. The van der Waals surface area contributed by atoms with Gasteiger partial charge in [0.15, 0.2) is 11.6 Å². The van der Waals surface area contributed by atoms with Crippen LogP contribution in [-0.2, 0) is 9.53 Å². The predicted octanol–water partition coefficient (Wildman–Crippen LogP) is 1.34. The molecule has 9 heteroatoms. The van der Waals surface area contributed by atoms with Crippen LogP contribution in [0, 0.1) is 5.82 Å². The maximum Gasteiger partial charge on any atom is 0.328 e. The van der Waals surface area contributed by atoms with Crippen molar-refractivity contribution in [3.8, 4) is 5.75 Å². The summed E-state index contributed by atoms with van der Waals surface area (Å²) in [6.07, 6.45) is 1.06. The molecule has 1 unspecified atom stereocenters. The number of likely N-dealkylation sites (tertiary alicyclic amines) is 1. The Balaban J connectivity index is 1.87. The third-order valence-electron chi connectivity index (χ3n) is 4.63. The molecule has 1 atom stereocenters. The fraction of sp³-hybridized carbons (Fsp3) is 0.368. The van der Waals surface area contributed by atoms with Gasteiger partial charge in [0.25, 0.3) is 16.8 Å². The summed E-state index contributed by atoms with van der Waals surface area (Å²) in [5.74, 6) is -2.25. The smallest absolute Gasteiger partial charge is 0.328 e. The van der Waals surface area contributed by atoms with Crippen LogP contribution in [0.3, 0.4) is 0 Å². The zero-order valence-corrected chi connectivity index (χ0v) is 15.4. The van der Waals surface area contributed by atoms with Crippen molar-refractivity contribution < 1.29 is 23.5 Å². The zero-order valence-electron chi connectivity index (χ0n) is 15.4. The van der Waals surface area contributed by atoms with Gasteiger partial charge in [-0.2, -0.15) is 0 Å². The minimum Gasteiger partial charge on any atom is -0.491 e. The molecule has 1 N–H and O–H groups in total. The number of amides is 1. The molecule has 1 saturated heterocycles. The summed E-state index contributed by atoms with van der Waals surface area (Å²) in [5, 5.41) is 2.51. The predicted molar refractivity (Wildman–Crippen MR) is 98.3 cm³/mol. The van der Waals surface area contributed by atoms with Crippen LogP contribution in [0.2, 0.25) is 0 Å². The standard InChI is InChI=1S/C19H19FN2O6/c1-3-28-19(26)12-8-5-9-22(12)18(25)10-6-4-7-11(13(10)20)21-14-15(23)16(24)17(14)27-2/h4,6-7,12,21H,3,5,8-9H2,1-2H3. The summed E-state index contributed by atoms with van der Waals surface area (Å²) in [6, 6.07) is 3.31. The molecule has 1 heterocycles. The molecular formula is C19H19FN2O6. The number of rotatable bonds is 6. The van der Waals surface area contributed by atoms with Crippen molar-refractivity contribution >= 4 is 23.3 Å². The van der Waals surface area contributed by atoms with E-state index in [1.54, 1.807) is 6.92 Å². The molecule has 1 amide bonds. The second-order valence-electron chi connectivity index (χ2n) is 6.27. The van der Waals surface area contributed by atoms with Crippen LogP contribution >= 0.6 is 0 Å². The quantitative estimate of drug-likeness (QED) is 0.587. The normalized spacial score (nSPS) is 16.2. The van der Waals surface area contributed by atoms with Gasteiger partial charge in [-0.05, 0) is 31.9 Å². The van der Waals surface area contributed by atoms with Gasteiger partial charge in [-0.1, -0.05) is 6.07 Å². The number of hydrogen-bond donors (Lipinski definition) is 1. The van der Waals surface area contributed by atoms with E-state index >= 15 is 0 Å². The van der Waals surface area contributed by atoms with Crippen LogP contribution < -0.4 is 20.9 Å². The minimum atomic E-state index is -0.892. The zero-order chi connectivity index (χ0) is 20.4. The fourth-order valence-corrected chi connectivity index (χ4v) is 3.26. The third kappa shape index (κ3) is 3.23. The monoisotopic (exact) mass is 390 g/mol. The van der Waals surface area contributed by atoms with Crippen molar-refractivity contribution in [3.63, 3.8) is 0 Å². The maximum atomic E-state index is 14.9. The first-order chi connectivity index (χ1) is 13.4. The van der Waals surface area contributed by atoms with E-state index in [9.17, 15) is 23.6 Å². The second kappa shape index (κ2) is 7.79. The number of nitrogens with zero attached hydrogens (tertiary/aromatic N) is 1. The average Bonchev–Trinajstić information content (AvgIpc) is 3.18. The lowest BCUT2D eigenvalue weighted by Crippen LogP contribution is -2.41. The highest BCUT2D eigenvalue weighted by atomic mass is 19.1. The molecule has 8 nitrogen and oxygen atoms in total. The van der Waals surface area contributed by atoms with Crippen LogP contribution in [0.4, 0.5) is 15.8 Å². The third-order valence-corrected chi connectivity index (χ3v) is 4.63. The van der Waals surface area contributed by atoms with Gasteiger partial charge in [0.05, 0.1) is 25.0 Å². The lowest BCUT2D eigenvalue weighted by molar-refractivity contribution is -0.147. The van der Waals surface area contributed by atoms with Gasteiger partial charge in [0, 0.05) is 6.54 Å². The first-order valence-electron chi connectivity index (χ1n) is 8.81. The highest BCUT2D eigenvalue weighted by Gasteiger charge is 2.36. The SMILES string of the molecule is CCOC(=O)C1CCCN1C(=O)c1cccc(Nc2c(OC)c(=O)c2=O)c1F. The van der Waals surface area contributed by atoms with Crippen molar-refractivity contribution in [3.05, 3.63) is 50.0 Å². The van der Waals surface area contributed by atoms with Gasteiger partial charge in [0.1, 0.15) is 11.7 Å². The van der Waals surface area contributed by atoms with Crippen LogP contribution in [0.15, 0.2) is 27.8 Å². The van der Waals surface area contributed by atoms with Crippen molar-refractivity contribution in [1.29, 1.82) is 0 Å². The Labute approximate surface area is 159 Å². The van der Waals surface area contributed by atoms with Gasteiger partial charge in [-0.25, -0.2) is 9.18 Å². The van der Waals surface area contributed by atoms with Crippen LogP contribution in [0.5, 0.6) is 5.75 Å². The topological polar surface area (TPSA) is 102 Å². The summed E-state index contributed by atoms with van der Waals surface area (Å²) in [7, 11) is 1.22. The highest BCUT2D eigenvalue weighted by molar-refractivity contribution is 5.98. The number of anilines is 2. The van der Waals surface area contributed by atoms with E-state index in [2.05, 4.69) is 5.32 Å². The second-order valence-corrected chi connectivity index (χ2v) is 6.27. The summed E-state index contributed by atoms with van der Waals surface area (Å²) < 4.78 is 24.7. The lowest BCUT2D eigenvalue weighted by atomic mass is 10.1. The highest BCUT2D eigenvalue weighted by Crippen LogP contribution is 2.28. The van der Waals surface area contributed by atoms with E-state index in [4.69, 9.17) is 9.47 Å². The van der Waals surface area contributed by atoms with Gasteiger partial charge in [-0.15, -0.1) is 0 Å². The summed E-state index contributed by atoms with van der Waals surface area (Å²) in [5.41, 5.74) is -2.19. The molecular weight excluding hydrogens is 371 g/mol. The Morgan fingerprint density at radius 1 is 1.29 bits per heavy atom. The Hall–Kier alpha value is -3.23. The molecule has 0 aliphatic carbocycles. The summed E-state index contributed by atoms with van der Waals surface area (Å²) in [4.78, 5) is 49.3. The van der Waals surface area contributed by atoms with Crippen molar-refractivity contribution in [2.24, 2.45) is 0 Å².